The van der Waals surface area contributed by atoms with Gasteiger partial charge in [0.1, 0.15) is 5.69 Å². The van der Waals surface area contributed by atoms with Crippen molar-refractivity contribution in [3.8, 4) is 0 Å². The molecule has 8 nitrogen and oxygen atoms in total. The van der Waals surface area contributed by atoms with Crippen molar-refractivity contribution in [1.29, 1.82) is 0 Å². The maximum absolute atomic E-state index is 11.4. The van der Waals surface area contributed by atoms with E-state index in [9.17, 15) is 8.42 Å². The van der Waals surface area contributed by atoms with E-state index in [0.717, 1.165) is 17.7 Å². The number of nitrogens with two attached hydrogens (primary N) is 1. The molecule has 1 fully saturated rings. The second-order valence-corrected chi connectivity index (χ2v) is 9.56. The van der Waals surface area contributed by atoms with Crippen LogP contribution >= 0.6 is 11.3 Å². The van der Waals surface area contributed by atoms with Crippen molar-refractivity contribution in [3.63, 3.8) is 0 Å². The molecule has 156 valence electrons. The molecule has 0 radical (unpaired) electrons. The monoisotopic (exact) mass is 442 g/mol. The normalized spacial score (nSPS) is 15.0. The number of benzene rings is 1. The van der Waals surface area contributed by atoms with Crippen molar-refractivity contribution in [3.05, 3.63) is 52.9 Å². The second kappa shape index (κ2) is 8.90. The minimum atomic E-state index is -3.73. The first kappa shape index (κ1) is 20.5. The zero-order chi connectivity index (χ0) is 21.0. The molecule has 1 aliphatic carbocycles. The van der Waals surface area contributed by atoms with Crippen LogP contribution in [0, 0.1) is 0 Å². The Kier molecular flexibility index (Phi) is 6.07. The number of hydrogen-bond acceptors (Lipinski definition) is 8. The second-order valence-electron chi connectivity index (χ2n) is 7.02. The number of hydrogen-bond donors (Lipinski definition) is 3. The summed E-state index contributed by atoms with van der Waals surface area (Å²) >= 11 is 1.61. The zero-order valence-corrected chi connectivity index (χ0v) is 17.8. The van der Waals surface area contributed by atoms with Gasteiger partial charge in [-0.25, -0.2) is 23.5 Å². The molecule has 0 aliphatic heterocycles. The van der Waals surface area contributed by atoms with Crippen molar-refractivity contribution in [1.82, 2.24) is 9.97 Å². The minimum absolute atomic E-state index is 0.0517. The summed E-state index contributed by atoms with van der Waals surface area (Å²) in [5.74, 6) is 1.07. The third kappa shape index (κ3) is 5.21. The molecule has 3 aromatic rings. The molecule has 1 aliphatic rings. The van der Waals surface area contributed by atoms with Gasteiger partial charge in [0.05, 0.1) is 11.1 Å². The third-order valence-corrected chi connectivity index (χ3v) is 6.51. The largest absolute Gasteiger partial charge is 0.365 e. The molecule has 0 unspecified atom stereocenters. The summed E-state index contributed by atoms with van der Waals surface area (Å²) < 4.78 is 22.8. The number of aromatic nitrogens is 2. The van der Waals surface area contributed by atoms with Gasteiger partial charge < -0.3 is 10.6 Å². The highest BCUT2D eigenvalue weighted by atomic mass is 32.2. The fourth-order valence-electron chi connectivity index (χ4n) is 3.25. The minimum Gasteiger partial charge on any atom is -0.365 e. The molecular weight excluding hydrogens is 420 g/mol. The molecule has 0 amide bonds. The SMILES string of the molecule is NS(=O)(=O)c1ccc(Nc2ncc(N=Cc3cccs3)c(NC3CCCC3)n2)cc1. The van der Waals surface area contributed by atoms with Crippen molar-refractivity contribution in [2.24, 2.45) is 10.1 Å². The Morgan fingerprint density at radius 2 is 1.93 bits per heavy atom. The lowest BCUT2D eigenvalue weighted by Gasteiger charge is -2.15. The topological polar surface area (TPSA) is 122 Å². The number of anilines is 3. The molecule has 1 saturated carbocycles. The van der Waals surface area contributed by atoms with Crippen molar-refractivity contribution in [2.45, 2.75) is 36.6 Å². The molecule has 2 aromatic heterocycles. The summed E-state index contributed by atoms with van der Waals surface area (Å²) in [6.07, 6.45) is 8.11. The van der Waals surface area contributed by atoms with Crippen molar-refractivity contribution in [2.75, 3.05) is 10.6 Å². The van der Waals surface area contributed by atoms with E-state index < -0.39 is 10.0 Å². The number of rotatable bonds is 7. The van der Waals surface area contributed by atoms with E-state index in [1.807, 2.05) is 23.7 Å². The highest BCUT2D eigenvalue weighted by Gasteiger charge is 2.17. The molecule has 10 heteroatoms. The molecule has 4 rings (SSSR count). The Morgan fingerprint density at radius 3 is 2.60 bits per heavy atom. The summed E-state index contributed by atoms with van der Waals surface area (Å²) in [7, 11) is -3.73. The van der Waals surface area contributed by atoms with Crippen LogP contribution in [0.3, 0.4) is 0 Å². The number of sulfonamides is 1. The van der Waals surface area contributed by atoms with Crippen LogP contribution in [-0.4, -0.2) is 30.6 Å². The van der Waals surface area contributed by atoms with E-state index >= 15 is 0 Å². The molecule has 2 heterocycles. The van der Waals surface area contributed by atoms with Gasteiger partial charge in [0.25, 0.3) is 0 Å². The number of nitrogens with zero attached hydrogens (tertiary/aromatic N) is 3. The summed E-state index contributed by atoms with van der Waals surface area (Å²) in [4.78, 5) is 14.7. The zero-order valence-electron chi connectivity index (χ0n) is 16.2. The lowest BCUT2D eigenvalue weighted by Crippen LogP contribution is -2.16. The fraction of sp³-hybridized carbons (Fsp3) is 0.250. The molecular formula is C20H22N6O2S2. The van der Waals surface area contributed by atoms with Crippen LogP contribution in [0.4, 0.5) is 23.1 Å². The highest BCUT2D eigenvalue weighted by molar-refractivity contribution is 7.89. The molecule has 1 aromatic carbocycles. The lowest BCUT2D eigenvalue weighted by molar-refractivity contribution is 0.598. The predicted octanol–water partition coefficient (Wildman–Crippen LogP) is 4.03. The molecule has 0 spiro atoms. The first-order valence-corrected chi connectivity index (χ1v) is 12.0. The Morgan fingerprint density at radius 1 is 1.17 bits per heavy atom. The number of nitrogens with one attached hydrogen (secondary N) is 2. The van der Waals surface area contributed by atoms with E-state index in [2.05, 4.69) is 25.6 Å². The Labute approximate surface area is 179 Å². The van der Waals surface area contributed by atoms with Gasteiger partial charge in [-0.1, -0.05) is 18.9 Å². The lowest BCUT2D eigenvalue weighted by atomic mass is 10.2. The smallest absolute Gasteiger partial charge is 0.238 e. The fourth-order valence-corrected chi connectivity index (χ4v) is 4.36. The third-order valence-electron chi connectivity index (χ3n) is 4.78. The van der Waals surface area contributed by atoms with Crippen LogP contribution in [-0.2, 0) is 10.0 Å². The van der Waals surface area contributed by atoms with Crippen LogP contribution < -0.4 is 15.8 Å². The standard InChI is InChI=1S/C20H22N6O2S2/c21-30(27,28)17-9-7-15(8-10-17)25-20-23-13-18(22-12-16-6-3-11-29-16)19(26-20)24-14-4-1-2-5-14/h3,6-14H,1-2,4-5H2,(H2,21,27,28)(H2,23,24,25,26). The molecule has 0 bridgehead atoms. The molecule has 0 atom stereocenters. The first-order chi connectivity index (χ1) is 14.5. The van der Waals surface area contributed by atoms with Crippen LogP contribution in [0.1, 0.15) is 30.6 Å². The van der Waals surface area contributed by atoms with Crippen LogP contribution in [0.5, 0.6) is 0 Å². The van der Waals surface area contributed by atoms with E-state index in [4.69, 9.17) is 5.14 Å². The average Bonchev–Trinajstić information content (AvgIpc) is 3.41. The Bertz CT molecular complexity index is 1120. The van der Waals surface area contributed by atoms with E-state index in [-0.39, 0.29) is 4.90 Å². The van der Waals surface area contributed by atoms with E-state index in [1.165, 1.54) is 25.0 Å². The average molecular weight is 443 g/mol. The number of primary sulfonamides is 1. The van der Waals surface area contributed by atoms with Crippen LogP contribution in [0.15, 0.2) is 57.9 Å². The summed E-state index contributed by atoms with van der Waals surface area (Å²) in [5.41, 5.74) is 1.33. The maximum Gasteiger partial charge on any atom is 0.238 e. The maximum atomic E-state index is 11.4. The Hall–Kier alpha value is -2.82. The molecule has 0 saturated heterocycles. The van der Waals surface area contributed by atoms with Gasteiger partial charge in [0.15, 0.2) is 5.82 Å². The highest BCUT2D eigenvalue weighted by Crippen LogP contribution is 2.29. The summed E-state index contributed by atoms with van der Waals surface area (Å²) in [6, 6.07) is 10.5. The number of aliphatic imine (C=N–C) groups is 1. The first-order valence-electron chi connectivity index (χ1n) is 9.58. The van der Waals surface area contributed by atoms with E-state index in [0.29, 0.717) is 29.2 Å². The van der Waals surface area contributed by atoms with E-state index in [1.54, 1.807) is 29.7 Å². The Balaban J connectivity index is 1.57. The van der Waals surface area contributed by atoms with Gasteiger partial charge >= 0.3 is 0 Å². The number of thiophene rings is 1. The predicted molar refractivity (Wildman–Crippen MR) is 121 cm³/mol. The van der Waals surface area contributed by atoms with Crippen molar-refractivity contribution < 1.29 is 8.42 Å². The quantitative estimate of drug-likeness (QED) is 0.475. The molecule has 4 N–H and O–H groups in total. The van der Waals surface area contributed by atoms with Gasteiger partial charge in [0, 0.05) is 22.8 Å². The summed E-state index contributed by atoms with van der Waals surface area (Å²) in [5, 5.41) is 13.7. The summed E-state index contributed by atoms with van der Waals surface area (Å²) in [6.45, 7) is 0. The van der Waals surface area contributed by atoms with Gasteiger partial charge in [0.2, 0.25) is 16.0 Å². The molecule has 30 heavy (non-hydrogen) atoms. The van der Waals surface area contributed by atoms with Gasteiger partial charge in [-0.3, -0.25) is 0 Å². The van der Waals surface area contributed by atoms with Crippen LogP contribution in [0.25, 0.3) is 0 Å². The van der Waals surface area contributed by atoms with Gasteiger partial charge in [-0.15, -0.1) is 11.3 Å². The van der Waals surface area contributed by atoms with Crippen LogP contribution in [0.2, 0.25) is 0 Å². The van der Waals surface area contributed by atoms with Gasteiger partial charge in [-0.05, 0) is 48.6 Å². The van der Waals surface area contributed by atoms with Crippen molar-refractivity contribution >= 4 is 50.7 Å². The van der Waals surface area contributed by atoms with Gasteiger partial charge in [-0.2, -0.15) is 4.98 Å².